The van der Waals surface area contributed by atoms with Crippen molar-refractivity contribution in [3.8, 4) is 0 Å². The summed E-state index contributed by atoms with van der Waals surface area (Å²) in [7, 11) is -3.99. The summed E-state index contributed by atoms with van der Waals surface area (Å²) in [5, 5.41) is 3.35. The van der Waals surface area contributed by atoms with Gasteiger partial charge in [0.2, 0.25) is 0 Å². The highest BCUT2D eigenvalue weighted by atomic mass is 31.2. The van der Waals surface area contributed by atoms with Crippen LogP contribution >= 0.6 is 7.60 Å². The van der Waals surface area contributed by atoms with Crippen molar-refractivity contribution in [1.29, 1.82) is 0 Å². The lowest BCUT2D eigenvalue weighted by Gasteiger charge is -2.08. The van der Waals surface area contributed by atoms with Crippen molar-refractivity contribution in [2.75, 3.05) is 118 Å². The summed E-state index contributed by atoms with van der Waals surface area (Å²) >= 11 is 0. The maximum Gasteiger partial charge on any atom is 0.327 e. The van der Waals surface area contributed by atoms with E-state index in [-0.39, 0.29) is 19.4 Å². The molecule has 0 aromatic rings. The van der Waals surface area contributed by atoms with Crippen molar-refractivity contribution in [1.82, 2.24) is 0 Å². The lowest BCUT2D eigenvalue weighted by atomic mass is 10.6. The zero-order valence-corrected chi connectivity index (χ0v) is 20.0. The topological polar surface area (TPSA) is 180 Å². The van der Waals surface area contributed by atoms with E-state index >= 15 is 0 Å². The molecular weight excluding hydrogens is 465 g/mol. The quantitative estimate of drug-likeness (QED) is 0.0527. The molecule has 0 aromatic carbocycles. The minimum Gasteiger partial charge on any atom is -0.379 e. The number of hydrogen-bond donors (Lipinski definition) is 2. The monoisotopic (exact) mass is 503 g/mol. The molecular formula is C18H38N3O11P. The summed E-state index contributed by atoms with van der Waals surface area (Å²) in [5.74, 6) is 0. The second-order valence-electron chi connectivity index (χ2n) is 6.24. The molecule has 14 nitrogen and oxygen atoms in total. The zero-order valence-electron chi connectivity index (χ0n) is 19.1. The molecule has 2 N–H and O–H groups in total. The smallest absolute Gasteiger partial charge is 0.327 e. The molecule has 0 aliphatic carbocycles. The SMILES string of the molecule is [N-]=[N+]=NCCOCCOCCOCCOCCOCCOCCOCCOCCP(=O)(O)O. The van der Waals surface area contributed by atoms with Gasteiger partial charge in [-0.15, -0.1) is 0 Å². The molecule has 0 heterocycles. The highest BCUT2D eigenvalue weighted by Crippen LogP contribution is 2.33. The van der Waals surface area contributed by atoms with Gasteiger partial charge in [-0.2, -0.15) is 0 Å². The van der Waals surface area contributed by atoms with Crippen LogP contribution in [0, 0.1) is 0 Å². The minimum absolute atomic E-state index is 0.00721. The first-order valence-corrected chi connectivity index (χ1v) is 12.5. The number of rotatable bonds is 27. The van der Waals surface area contributed by atoms with Crippen LogP contribution in [0.4, 0.5) is 0 Å². The van der Waals surface area contributed by atoms with E-state index in [0.717, 1.165) is 0 Å². The number of hydrogen-bond acceptors (Lipinski definition) is 10. The average Bonchev–Trinajstić information content (AvgIpc) is 2.78. The van der Waals surface area contributed by atoms with Crippen molar-refractivity contribution in [2.24, 2.45) is 5.11 Å². The predicted octanol–water partition coefficient (Wildman–Crippen LogP) is 0.607. The molecule has 0 atom stereocenters. The van der Waals surface area contributed by atoms with E-state index in [4.69, 9.17) is 53.2 Å². The Morgan fingerprint density at radius 2 is 0.818 bits per heavy atom. The molecule has 33 heavy (non-hydrogen) atoms. The summed E-state index contributed by atoms with van der Waals surface area (Å²) in [6, 6.07) is 0. The molecule has 196 valence electrons. The molecule has 0 rings (SSSR count). The molecule has 0 radical (unpaired) electrons. The van der Waals surface area contributed by atoms with E-state index < -0.39 is 7.60 Å². The van der Waals surface area contributed by atoms with Gasteiger partial charge in [-0.3, -0.25) is 4.57 Å². The van der Waals surface area contributed by atoms with Gasteiger partial charge in [0.25, 0.3) is 0 Å². The van der Waals surface area contributed by atoms with Gasteiger partial charge in [-0.05, 0) is 5.53 Å². The van der Waals surface area contributed by atoms with Gasteiger partial charge in [-0.1, -0.05) is 5.11 Å². The number of nitrogens with zero attached hydrogens (tertiary/aromatic N) is 3. The van der Waals surface area contributed by atoms with Crippen LogP contribution in [0.15, 0.2) is 5.11 Å². The molecule has 0 bridgehead atoms. The minimum atomic E-state index is -3.99. The maximum atomic E-state index is 10.6. The third-order valence-corrected chi connectivity index (χ3v) is 4.29. The first kappa shape index (κ1) is 32.1. The molecule has 0 aliphatic rings. The van der Waals surface area contributed by atoms with Crippen molar-refractivity contribution in [3.63, 3.8) is 0 Å². The average molecular weight is 503 g/mol. The fourth-order valence-corrected chi connectivity index (χ4v) is 2.34. The molecule has 15 heteroatoms. The molecule has 0 saturated heterocycles. The van der Waals surface area contributed by atoms with E-state index in [1.54, 1.807) is 0 Å². The van der Waals surface area contributed by atoms with E-state index in [2.05, 4.69) is 10.0 Å². The maximum absolute atomic E-state index is 10.6. The van der Waals surface area contributed by atoms with Crippen LogP contribution in [0.5, 0.6) is 0 Å². The van der Waals surface area contributed by atoms with Gasteiger partial charge in [0, 0.05) is 11.5 Å². The van der Waals surface area contributed by atoms with E-state index in [1.807, 2.05) is 0 Å². The Morgan fingerprint density at radius 3 is 1.09 bits per heavy atom. The molecule has 0 unspecified atom stereocenters. The van der Waals surface area contributed by atoms with Crippen molar-refractivity contribution in [3.05, 3.63) is 10.4 Å². The Balaban J connectivity index is 3.05. The highest BCUT2D eigenvalue weighted by molar-refractivity contribution is 7.51. The van der Waals surface area contributed by atoms with E-state index in [0.29, 0.717) is 99.0 Å². The van der Waals surface area contributed by atoms with Crippen molar-refractivity contribution < 1.29 is 52.2 Å². The Bertz CT molecular complexity index is 507. The van der Waals surface area contributed by atoms with E-state index in [1.165, 1.54) is 0 Å². The molecule has 0 aliphatic heterocycles. The molecule has 0 amide bonds. The largest absolute Gasteiger partial charge is 0.379 e. The summed E-state index contributed by atoms with van der Waals surface area (Å²) in [4.78, 5) is 19.9. The Labute approximate surface area is 194 Å². The second-order valence-corrected chi connectivity index (χ2v) is 8.02. The number of azide groups is 1. The normalized spacial score (nSPS) is 11.6. The fourth-order valence-electron chi connectivity index (χ4n) is 1.98. The fraction of sp³-hybridized carbons (Fsp3) is 1.00. The van der Waals surface area contributed by atoms with Gasteiger partial charge < -0.3 is 47.7 Å². The van der Waals surface area contributed by atoms with Gasteiger partial charge >= 0.3 is 7.60 Å². The van der Waals surface area contributed by atoms with Crippen LogP contribution in [-0.4, -0.2) is 128 Å². The van der Waals surface area contributed by atoms with Crippen molar-refractivity contribution >= 4 is 7.60 Å². The lowest BCUT2D eigenvalue weighted by Crippen LogP contribution is -2.15. The van der Waals surface area contributed by atoms with Crippen LogP contribution in [0.2, 0.25) is 0 Å². The van der Waals surface area contributed by atoms with Gasteiger partial charge in [0.15, 0.2) is 0 Å². The second kappa shape index (κ2) is 25.8. The number of ether oxygens (including phenoxy) is 8. The third kappa shape index (κ3) is 31.1. The Morgan fingerprint density at radius 1 is 0.545 bits per heavy atom. The standard InChI is InChI=1S/C18H38N3O11P/c19-21-20-1-2-25-3-4-26-5-6-27-7-8-28-9-10-29-11-12-30-13-14-31-15-16-32-17-18-33(22,23)24/h1-18H2,(H2,22,23,24). The zero-order chi connectivity index (χ0) is 24.3. The van der Waals surface area contributed by atoms with Crippen LogP contribution < -0.4 is 0 Å². The molecule has 0 saturated carbocycles. The Hall–Kier alpha value is -0.860. The van der Waals surface area contributed by atoms with Gasteiger partial charge in [0.05, 0.1) is 112 Å². The highest BCUT2D eigenvalue weighted by Gasteiger charge is 2.11. The van der Waals surface area contributed by atoms with Crippen LogP contribution in [0.25, 0.3) is 10.4 Å². The van der Waals surface area contributed by atoms with Crippen molar-refractivity contribution in [2.45, 2.75) is 0 Å². The summed E-state index contributed by atoms with van der Waals surface area (Å²) in [6.07, 6.45) is -0.286. The molecule has 0 fully saturated rings. The lowest BCUT2D eigenvalue weighted by molar-refractivity contribution is -0.0226. The molecule has 0 spiro atoms. The van der Waals surface area contributed by atoms with Crippen LogP contribution in [0.3, 0.4) is 0 Å². The third-order valence-electron chi connectivity index (χ3n) is 3.53. The van der Waals surface area contributed by atoms with E-state index in [9.17, 15) is 4.57 Å². The van der Waals surface area contributed by atoms with Crippen LogP contribution in [0.1, 0.15) is 0 Å². The van der Waals surface area contributed by atoms with Gasteiger partial charge in [0.1, 0.15) is 0 Å². The summed E-state index contributed by atoms with van der Waals surface area (Å²) < 4.78 is 52.9. The predicted molar refractivity (Wildman–Crippen MR) is 117 cm³/mol. The Kier molecular flexibility index (Phi) is 25.1. The molecule has 0 aromatic heterocycles. The van der Waals surface area contributed by atoms with Crippen LogP contribution in [-0.2, 0) is 42.5 Å². The summed E-state index contributed by atoms with van der Waals surface area (Å²) in [6.45, 7) is 6.81. The van der Waals surface area contributed by atoms with Gasteiger partial charge in [-0.25, -0.2) is 0 Å². The first-order valence-electron chi connectivity index (χ1n) is 10.7. The first-order chi connectivity index (χ1) is 16.1. The summed E-state index contributed by atoms with van der Waals surface area (Å²) in [5.41, 5.74) is 8.09.